The van der Waals surface area contributed by atoms with Crippen LogP contribution >= 0.6 is 0 Å². The normalized spacial score (nSPS) is 11.1. The van der Waals surface area contributed by atoms with E-state index in [1.807, 2.05) is 67.7 Å². The van der Waals surface area contributed by atoms with E-state index in [9.17, 15) is 51.4 Å². The highest BCUT2D eigenvalue weighted by atomic mass is 19.2. The summed E-state index contributed by atoms with van der Waals surface area (Å²) in [6.45, 7) is 1.98. The SMILES string of the molecule is CCCC(=O)c1cnc2[nH]cc(-c3cccc(CCC(=O)c4cccn(Cc5ccc(F)c(F)c5)c4=O)c3)c2c1.O=C(O)c1cnc2[nH]cc(-c3cccc(CCC(=O)c4cccn(Cc5ccc(F)c(F)c5)c4=O)c3)c2c1. The Hall–Kier alpha value is -9.64. The van der Waals surface area contributed by atoms with Crippen LogP contribution in [-0.4, -0.2) is 57.5 Å². The third-order valence-corrected chi connectivity index (χ3v) is 13.2. The van der Waals surface area contributed by atoms with Gasteiger partial charge in [0.1, 0.15) is 11.3 Å². The minimum Gasteiger partial charge on any atom is -0.478 e. The van der Waals surface area contributed by atoms with Crippen LogP contribution in [0.25, 0.3) is 44.3 Å². The Balaban J connectivity index is 0.000000190. The van der Waals surface area contributed by atoms with E-state index in [0.29, 0.717) is 52.6 Å². The first-order valence-electron chi connectivity index (χ1n) is 24.9. The Bertz CT molecular complexity index is 4070. The Morgan fingerprint density at radius 1 is 0.513 bits per heavy atom. The van der Waals surface area contributed by atoms with E-state index in [1.54, 1.807) is 30.6 Å². The molecule has 0 saturated heterocycles. The number of pyridine rings is 4. The Labute approximate surface area is 442 Å². The van der Waals surface area contributed by atoms with Gasteiger partial charge in [-0.2, -0.15) is 0 Å². The lowest BCUT2D eigenvalue weighted by atomic mass is 9.98. The fourth-order valence-corrected chi connectivity index (χ4v) is 9.12. The molecule has 0 aliphatic carbocycles. The summed E-state index contributed by atoms with van der Waals surface area (Å²) in [5.41, 5.74) is 7.05. The number of ketones is 3. The summed E-state index contributed by atoms with van der Waals surface area (Å²) in [4.78, 5) is 90.4. The van der Waals surface area contributed by atoms with Gasteiger partial charge in [-0.1, -0.05) is 67.6 Å². The first-order valence-corrected chi connectivity index (χ1v) is 24.9. The highest BCUT2D eigenvalue weighted by molar-refractivity contribution is 6.02. The zero-order valence-corrected chi connectivity index (χ0v) is 41.9. The van der Waals surface area contributed by atoms with E-state index in [2.05, 4.69) is 19.9 Å². The fourth-order valence-electron chi connectivity index (χ4n) is 9.12. The maximum Gasteiger partial charge on any atom is 0.337 e. The molecule has 13 nitrogen and oxygen atoms in total. The van der Waals surface area contributed by atoms with Crippen molar-refractivity contribution in [2.24, 2.45) is 0 Å². The number of fused-ring (bicyclic) bond motifs is 2. The fraction of sp³-hybridized carbons (Fsp3) is 0.148. The predicted molar refractivity (Wildman–Crippen MR) is 287 cm³/mol. The summed E-state index contributed by atoms with van der Waals surface area (Å²) in [6.07, 6.45) is 11.8. The number of carbonyl (C=O) groups is 4. The highest BCUT2D eigenvalue weighted by Gasteiger charge is 2.18. The van der Waals surface area contributed by atoms with Crippen molar-refractivity contribution in [3.63, 3.8) is 0 Å². The van der Waals surface area contributed by atoms with Crippen LogP contribution < -0.4 is 11.1 Å². The van der Waals surface area contributed by atoms with Gasteiger partial charge in [-0.15, -0.1) is 0 Å². The lowest BCUT2D eigenvalue weighted by Crippen LogP contribution is -2.26. The molecule has 0 radical (unpaired) electrons. The van der Waals surface area contributed by atoms with Gasteiger partial charge < -0.3 is 24.2 Å². The van der Waals surface area contributed by atoms with Crippen LogP contribution in [0.2, 0.25) is 0 Å². The molecule has 10 aromatic rings. The number of carboxylic acid groups (broad SMARTS) is 1. The topological polar surface area (TPSA) is 190 Å². The second kappa shape index (κ2) is 23.5. The van der Waals surface area contributed by atoms with Gasteiger partial charge in [0.05, 0.1) is 29.8 Å². The molecule has 0 aliphatic heterocycles. The number of hydrogen-bond donors (Lipinski definition) is 3. The van der Waals surface area contributed by atoms with Crippen molar-refractivity contribution in [2.75, 3.05) is 0 Å². The van der Waals surface area contributed by atoms with Gasteiger partial charge in [0.25, 0.3) is 11.1 Å². The molecule has 0 fully saturated rings. The largest absolute Gasteiger partial charge is 0.478 e. The van der Waals surface area contributed by atoms with Crippen molar-refractivity contribution < 1.29 is 41.8 Å². The van der Waals surface area contributed by atoms with E-state index < -0.39 is 40.4 Å². The van der Waals surface area contributed by atoms with Crippen molar-refractivity contribution in [3.05, 3.63) is 247 Å². The molecule has 0 bridgehead atoms. The number of hydrogen-bond acceptors (Lipinski definition) is 8. The van der Waals surface area contributed by atoms with Gasteiger partial charge in [-0.05, 0) is 113 Å². The van der Waals surface area contributed by atoms with Crippen LogP contribution in [0.5, 0.6) is 0 Å². The average molecular weight is 1050 g/mol. The number of rotatable bonds is 18. The predicted octanol–water partition coefficient (Wildman–Crippen LogP) is 11.7. The molecular weight excluding hydrogens is 1000 g/mol. The van der Waals surface area contributed by atoms with Crippen LogP contribution in [0.4, 0.5) is 17.6 Å². The minimum absolute atomic E-state index is 0.00225. The molecule has 4 aromatic carbocycles. The summed E-state index contributed by atoms with van der Waals surface area (Å²) in [6, 6.07) is 31.7. The number of carboxylic acids is 1. The zero-order chi connectivity index (χ0) is 55.0. The molecule has 0 unspecified atom stereocenters. The molecule has 0 aliphatic rings. The number of H-pyrrole nitrogens is 2. The molecule has 3 N–H and O–H groups in total. The molecule has 0 saturated carbocycles. The molecule has 0 amide bonds. The van der Waals surface area contributed by atoms with E-state index in [-0.39, 0.29) is 60.0 Å². The molecular formula is C61H48F4N6O7. The summed E-state index contributed by atoms with van der Waals surface area (Å²) in [7, 11) is 0. The van der Waals surface area contributed by atoms with Crippen molar-refractivity contribution in [1.82, 2.24) is 29.1 Å². The number of aromatic carboxylic acids is 1. The van der Waals surface area contributed by atoms with Crippen LogP contribution in [-0.2, 0) is 25.9 Å². The molecule has 6 aromatic heterocycles. The number of carbonyl (C=O) groups excluding carboxylic acids is 3. The lowest BCUT2D eigenvalue weighted by molar-refractivity contribution is 0.0695. The summed E-state index contributed by atoms with van der Waals surface area (Å²) in [5, 5.41) is 10.8. The number of aryl methyl sites for hydroxylation is 2. The Morgan fingerprint density at radius 3 is 1.42 bits per heavy atom. The maximum absolute atomic E-state index is 13.6. The number of aromatic amines is 2. The van der Waals surface area contributed by atoms with Crippen molar-refractivity contribution in [2.45, 2.75) is 58.5 Å². The molecule has 78 heavy (non-hydrogen) atoms. The molecule has 0 spiro atoms. The minimum atomic E-state index is -1.07. The number of Topliss-reactive ketones (excluding diaryl/α,β-unsaturated/α-hetero) is 3. The van der Waals surface area contributed by atoms with Gasteiger partial charge >= 0.3 is 5.97 Å². The van der Waals surface area contributed by atoms with Crippen LogP contribution in [0.1, 0.15) is 96.3 Å². The third-order valence-electron chi connectivity index (χ3n) is 13.2. The molecule has 6 heterocycles. The Kier molecular flexibility index (Phi) is 16.0. The van der Waals surface area contributed by atoms with Crippen molar-refractivity contribution in [1.29, 1.82) is 0 Å². The summed E-state index contributed by atoms with van der Waals surface area (Å²) in [5.74, 6) is -5.57. The molecule has 0 atom stereocenters. The van der Waals surface area contributed by atoms with Crippen LogP contribution in [0, 0.1) is 23.3 Å². The van der Waals surface area contributed by atoms with E-state index >= 15 is 0 Å². The standard InChI is InChI=1S/C32H27F2N3O3.C29H21F2N3O4/c1-2-5-29(38)23-16-25-26(18-36-31(25)35-17-23)22-7-3-6-20(14-22)10-12-30(39)24-8-4-13-37(32(24)40)19-21-9-11-27(33)28(34)15-21;30-24-8-6-18(12-25(24)31)16-34-10-2-5-21(28(34)36)26(35)9-7-17-3-1-4-19(11-17)23-15-33-27-22(23)13-20(14-32-27)29(37)38/h3-4,6-9,11,13-18H,2,5,10,12,19H2,1H3,(H,35,36);1-6,8,10-15H,7,9,16H2,(H,32,33)(H,37,38). The van der Waals surface area contributed by atoms with E-state index in [4.69, 9.17) is 0 Å². The van der Waals surface area contributed by atoms with E-state index in [1.165, 1.54) is 52.0 Å². The zero-order valence-electron chi connectivity index (χ0n) is 41.9. The molecule has 392 valence electrons. The van der Waals surface area contributed by atoms with Gasteiger partial charge in [0.2, 0.25) is 0 Å². The van der Waals surface area contributed by atoms with Gasteiger partial charge in [-0.3, -0.25) is 24.0 Å². The second-order valence-electron chi connectivity index (χ2n) is 18.6. The third kappa shape index (κ3) is 12.1. The van der Waals surface area contributed by atoms with Crippen molar-refractivity contribution in [3.8, 4) is 22.3 Å². The number of halogens is 4. The molecule has 17 heteroatoms. The van der Waals surface area contributed by atoms with Gasteiger partial charge in [-0.25, -0.2) is 32.3 Å². The van der Waals surface area contributed by atoms with Gasteiger partial charge in [0, 0.05) is 83.9 Å². The Morgan fingerprint density at radius 2 is 0.974 bits per heavy atom. The first-order chi connectivity index (χ1) is 37.6. The maximum atomic E-state index is 13.6. The first kappa shape index (κ1) is 53.2. The number of aromatic nitrogens is 6. The number of nitrogens with zero attached hydrogens (tertiary/aromatic N) is 4. The highest BCUT2D eigenvalue weighted by Crippen LogP contribution is 2.31. The smallest absolute Gasteiger partial charge is 0.337 e. The van der Waals surface area contributed by atoms with Crippen LogP contribution in [0.15, 0.2) is 168 Å². The second-order valence-corrected chi connectivity index (χ2v) is 18.6. The number of nitrogens with one attached hydrogen (secondary N) is 2. The lowest BCUT2D eigenvalue weighted by Gasteiger charge is -2.09. The van der Waals surface area contributed by atoms with Gasteiger partial charge in [0.15, 0.2) is 40.6 Å². The quantitative estimate of drug-likeness (QED) is 0.0554. The monoisotopic (exact) mass is 1050 g/mol. The molecule has 10 rings (SSSR count). The summed E-state index contributed by atoms with van der Waals surface area (Å²) < 4.78 is 56.2. The average Bonchev–Trinajstić information content (AvgIpc) is 4.09. The summed E-state index contributed by atoms with van der Waals surface area (Å²) >= 11 is 0. The van der Waals surface area contributed by atoms with Crippen molar-refractivity contribution >= 4 is 45.4 Å². The number of benzene rings is 4. The van der Waals surface area contributed by atoms with Crippen LogP contribution in [0.3, 0.4) is 0 Å². The van der Waals surface area contributed by atoms with E-state index in [0.717, 1.165) is 69.5 Å².